The summed E-state index contributed by atoms with van der Waals surface area (Å²) in [5.41, 5.74) is 6.50. The lowest BCUT2D eigenvalue weighted by atomic mass is 10.1. The second-order valence-corrected chi connectivity index (χ2v) is 3.73. The van der Waals surface area contributed by atoms with Crippen molar-refractivity contribution in [2.75, 3.05) is 26.4 Å². The monoisotopic (exact) mass is 209 g/mol. The number of benzene rings is 1. The minimum atomic E-state index is -0.456. The first-order valence-electron chi connectivity index (χ1n) is 4.79. The molecule has 0 saturated carbocycles. The number of nitrogens with zero attached hydrogens (tertiary/aromatic N) is 1. The molecule has 1 aromatic carbocycles. The number of hydrogen-bond acceptors (Lipinski definition) is 3. The topological polar surface area (TPSA) is 53.1 Å². The number of nitrogens with two attached hydrogens (primary N) is 1. The van der Waals surface area contributed by atoms with Gasteiger partial charge in [0.05, 0.1) is 5.69 Å². The minimum absolute atomic E-state index is 0.0706. The SMILES string of the molecule is CN(C)CCC(=N)c1cccc(F)c1N. The molecule has 4 heteroatoms. The van der Waals surface area contributed by atoms with Crippen molar-refractivity contribution in [2.24, 2.45) is 0 Å². The molecule has 3 N–H and O–H groups in total. The Morgan fingerprint density at radius 2 is 2.13 bits per heavy atom. The summed E-state index contributed by atoms with van der Waals surface area (Å²) in [5.74, 6) is -0.456. The molecule has 0 bridgehead atoms. The molecule has 0 aliphatic rings. The Kier molecular flexibility index (Phi) is 3.80. The van der Waals surface area contributed by atoms with E-state index in [1.165, 1.54) is 6.07 Å². The van der Waals surface area contributed by atoms with E-state index >= 15 is 0 Å². The molecular weight excluding hydrogens is 193 g/mol. The fourth-order valence-corrected chi connectivity index (χ4v) is 1.27. The first-order valence-corrected chi connectivity index (χ1v) is 4.79. The number of anilines is 1. The molecule has 0 heterocycles. The highest BCUT2D eigenvalue weighted by molar-refractivity contribution is 6.02. The molecule has 1 rings (SSSR count). The molecule has 0 aliphatic carbocycles. The lowest BCUT2D eigenvalue weighted by Crippen LogP contribution is -2.17. The van der Waals surface area contributed by atoms with Crippen molar-refractivity contribution in [3.05, 3.63) is 29.6 Å². The van der Waals surface area contributed by atoms with Gasteiger partial charge >= 0.3 is 0 Å². The van der Waals surface area contributed by atoms with Gasteiger partial charge in [-0.25, -0.2) is 4.39 Å². The van der Waals surface area contributed by atoms with E-state index in [0.29, 0.717) is 17.7 Å². The second-order valence-electron chi connectivity index (χ2n) is 3.73. The molecule has 3 nitrogen and oxygen atoms in total. The van der Waals surface area contributed by atoms with Crippen LogP contribution in [0.3, 0.4) is 0 Å². The number of halogens is 1. The molecule has 1 aromatic rings. The summed E-state index contributed by atoms with van der Waals surface area (Å²) >= 11 is 0. The van der Waals surface area contributed by atoms with Gasteiger partial charge in [0, 0.05) is 24.2 Å². The summed E-state index contributed by atoms with van der Waals surface area (Å²) in [5, 5.41) is 7.79. The van der Waals surface area contributed by atoms with Crippen molar-refractivity contribution in [3.8, 4) is 0 Å². The van der Waals surface area contributed by atoms with Crippen LogP contribution >= 0.6 is 0 Å². The van der Waals surface area contributed by atoms with Gasteiger partial charge in [-0.2, -0.15) is 0 Å². The quantitative estimate of drug-likeness (QED) is 0.586. The molecule has 15 heavy (non-hydrogen) atoms. The van der Waals surface area contributed by atoms with E-state index in [2.05, 4.69) is 0 Å². The van der Waals surface area contributed by atoms with E-state index in [0.717, 1.165) is 6.54 Å². The predicted octanol–water partition coefficient (Wildman–Crippen LogP) is 1.73. The molecule has 0 aliphatic heterocycles. The van der Waals surface area contributed by atoms with Crippen molar-refractivity contribution in [1.29, 1.82) is 5.41 Å². The Morgan fingerprint density at radius 1 is 1.47 bits per heavy atom. The Labute approximate surface area is 89.2 Å². The van der Waals surface area contributed by atoms with E-state index in [9.17, 15) is 4.39 Å². The summed E-state index contributed by atoms with van der Waals surface area (Å²) in [7, 11) is 3.87. The average Bonchev–Trinajstić information content (AvgIpc) is 2.18. The van der Waals surface area contributed by atoms with E-state index in [-0.39, 0.29) is 5.69 Å². The number of para-hydroxylation sites is 1. The molecule has 82 valence electrons. The fraction of sp³-hybridized carbons (Fsp3) is 0.364. The van der Waals surface area contributed by atoms with Crippen molar-refractivity contribution in [1.82, 2.24) is 4.90 Å². The molecule has 0 amide bonds. The zero-order valence-electron chi connectivity index (χ0n) is 9.05. The van der Waals surface area contributed by atoms with Gasteiger partial charge in [-0.1, -0.05) is 12.1 Å². The molecule has 0 atom stereocenters. The predicted molar refractivity (Wildman–Crippen MR) is 60.8 cm³/mol. The molecule has 0 fully saturated rings. The maximum Gasteiger partial charge on any atom is 0.146 e. The number of nitrogen functional groups attached to an aromatic ring is 1. The van der Waals surface area contributed by atoms with Crippen LogP contribution in [0, 0.1) is 11.2 Å². The summed E-state index contributed by atoms with van der Waals surface area (Å²) in [6, 6.07) is 4.56. The van der Waals surface area contributed by atoms with Crippen LogP contribution in [0.25, 0.3) is 0 Å². The Hall–Kier alpha value is -1.42. The van der Waals surface area contributed by atoms with E-state index in [4.69, 9.17) is 11.1 Å². The van der Waals surface area contributed by atoms with Crippen LogP contribution in [0.1, 0.15) is 12.0 Å². The molecule has 0 unspecified atom stereocenters. The first-order chi connectivity index (χ1) is 7.02. The fourth-order valence-electron chi connectivity index (χ4n) is 1.27. The van der Waals surface area contributed by atoms with E-state index < -0.39 is 5.82 Å². The smallest absolute Gasteiger partial charge is 0.146 e. The lowest BCUT2D eigenvalue weighted by molar-refractivity contribution is 0.422. The Bertz CT molecular complexity index is 361. The second kappa shape index (κ2) is 4.89. The van der Waals surface area contributed by atoms with Crippen LogP contribution in [-0.4, -0.2) is 31.3 Å². The van der Waals surface area contributed by atoms with E-state index in [1.54, 1.807) is 12.1 Å². The number of hydrogen-bond donors (Lipinski definition) is 2. The van der Waals surface area contributed by atoms with E-state index in [1.807, 2.05) is 19.0 Å². The van der Waals surface area contributed by atoms with Gasteiger partial charge in [-0.05, 0) is 20.2 Å². The summed E-state index contributed by atoms with van der Waals surface area (Å²) in [6.45, 7) is 0.759. The average molecular weight is 209 g/mol. The van der Waals surface area contributed by atoms with Gasteiger partial charge in [-0.15, -0.1) is 0 Å². The Balaban J connectivity index is 2.78. The van der Waals surface area contributed by atoms with Gasteiger partial charge in [0.2, 0.25) is 0 Å². The zero-order chi connectivity index (χ0) is 11.4. The lowest BCUT2D eigenvalue weighted by Gasteiger charge is -2.11. The van der Waals surface area contributed by atoms with Gasteiger partial charge in [0.25, 0.3) is 0 Å². The molecule has 0 aromatic heterocycles. The normalized spacial score (nSPS) is 10.7. The third-order valence-electron chi connectivity index (χ3n) is 2.19. The van der Waals surface area contributed by atoms with Crippen LogP contribution < -0.4 is 5.73 Å². The summed E-state index contributed by atoms with van der Waals surface area (Å²) < 4.78 is 13.1. The van der Waals surface area contributed by atoms with Gasteiger partial charge in [-0.3, -0.25) is 0 Å². The highest BCUT2D eigenvalue weighted by Crippen LogP contribution is 2.17. The van der Waals surface area contributed by atoms with Crippen molar-refractivity contribution < 1.29 is 4.39 Å². The largest absolute Gasteiger partial charge is 0.396 e. The van der Waals surface area contributed by atoms with Crippen LogP contribution in [0.15, 0.2) is 18.2 Å². The maximum absolute atomic E-state index is 13.1. The minimum Gasteiger partial charge on any atom is -0.396 e. The highest BCUT2D eigenvalue weighted by Gasteiger charge is 2.09. The molecular formula is C11H16FN3. The van der Waals surface area contributed by atoms with Gasteiger partial charge in [0.1, 0.15) is 5.82 Å². The van der Waals surface area contributed by atoms with Gasteiger partial charge < -0.3 is 16.0 Å². The third-order valence-corrected chi connectivity index (χ3v) is 2.19. The molecule has 0 radical (unpaired) electrons. The number of rotatable bonds is 4. The van der Waals surface area contributed by atoms with Crippen LogP contribution in [0.4, 0.5) is 10.1 Å². The summed E-state index contributed by atoms with van der Waals surface area (Å²) in [4.78, 5) is 1.98. The first kappa shape index (κ1) is 11.7. The third kappa shape index (κ3) is 3.02. The van der Waals surface area contributed by atoms with Crippen LogP contribution in [-0.2, 0) is 0 Å². The molecule has 0 saturated heterocycles. The van der Waals surface area contributed by atoms with Crippen molar-refractivity contribution >= 4 is 11.4 Å². The van der Waals surface area contributed by atoms with Crippen molar-refractivity contribution in [2.45, 2.75) is 6.42 Å². The van der Waals surface area contributed by atoms with Crippen LogP contribution in [0.2, 0.25) is 0 Å². The van der Waals surface area contributed by atoms with Crippen LogP contribution in [0.5, 0.6) is 0 Å². The number of nitrogens with one attached hydrogen (secondary N) is 1. The van der Waals surface area contributed by atoms with Crippen molar-refractivity contribution in [3.63, 3.8) is 0 Å². The maximum atomic E-state index is 13.1. The Morgan fingerprint density at radius 3 is 2.73 bits per heavy atom. The molecule has 0 spiro atoms. The summed E-state index contributed by atoms with van der Waals surface area (Å²) in [6.07, 6.45) is 0.570. The standard InChI is InChI=1S/C11H16FN3/c1-15(2)7-6-10(13)8-4-3-5-9(12)11(8)14/h3-5,13H,6-7,14H2,1-2H3. The van der Waals surface area contributed by atoms with Gasteiger partial charge in [0.15, 0.2) is 0 Å². The highest BCUT2D eigenvalue weighted by atomic mass is 19.1. The zero-order valence-corrected chi connectivity index (χ0v) is 9.05.